The summed E-state index contributed by atoms with van der Waals surface area (Å²) in [6, 6.07) is 15.8. The average Bonchev–Trinajstić information content (AvgIpc) is 3.26. The first-order chi connectivity index (χ1) is 14.2. The van der Waals surface area contributed by atoms with Gasteiger partial charge in [-0.3, -0.25) is 9.59 Å². The van der Waals surface area contributed by atoms with Gasteiger partial charge in [0.15, 0.2) is 0 Å². The van der Waals surface area contributed by atoms with Crippen molar-refractivity contribution in [1.82, 2.24) is 4.98 Å². The first-order valence-corrected chi connectivity index (χ1v) is 10.3. The summed E-state index contributed by atoms with van der Waals surface area (Å²) in [6.45, 7) is 1.14. The van der Waals surface area contributed by atoms with Crippen LogP contribution in [0, 0.1) is 0 Å². The number of hydrogen-bond acceptors (Lipinski definition) is 3. The van der Waals surface area contributed by atoms with E-state index in [0.29, 0.717) is 31.7 Å². The van der Waals surface area contributed by atoms with Gasteiger partial charge in [0.25, 0.3) is 5.56 Å². The quantitative estimate of drug-likeness (QED) is 0.719. The highest BCUT2D eigenvalue weighted by molar-refractivity contribution is 6.00. The number of H-pyrrole nitrogens is 1. The number of pyridine rings is 1. The van der Waals surface area contributed by atoms with E-state index in [4.69, 9.17) is 4.74 Å². The summed E-state index contributed by atoms with van der Waals surface area (Å²) in [6.07, 6.45) is 4.12. The van der Waals surface area contributed by atoms with Crippen LogP contribution >= 0.6 is 0 Å². The molecule has 3 aromatic rings. The lowest BCUT2D eigenvalue weighted by Gasteiger charge is -2.36. The Balaban J connectivity index is 1.50. The molecule has 0 saturated carbocycles. The number of carbonyl (C=O) groups excluding carboxylic acids is 1. The minimum absolute atomic E-state index is 0.00124. The predicted octanol–water partition coefficient (Wildman–Crippen LogP) is 3.70. The first kappa shape index (κ1) is 18.1. The van der Waals surface area contributed by atoms with Crippen molar-refractivity contribution in [2.24, 2.45) is 0 Å². The van der Waals surface area contributed by atoms with Gasteiger partial charge in [-0.15, -0.1) is 0 Å². The number of aromatic nitrogens is 1. The van der Waals surface area contributed by atoms with E-state index in [2.05, 4.69) is 10.3 Å². The molecule has 1 aliphatic carbocycles. The number of amides is 1. The van der Waals surface area contributed by atoms with Crippen molar-refractivity contribution in [3.05, 3.63) is 75.6 Å². The smallest absolute Gasteiger partial charge is 0.251 e. The van der Waals surface area contributed by atoms with Crippen molar-refractivity contribution in [3.63, 3.8) is 0 Å². The molecule has 2 heterocycles. The molecule has 2 aliphatic rings. The SMILES string of the molecule is O=C(Nc1ccc2c3c(c(=O)[nH]c2c1)CCC3)C1(c2ccccc2)CCOCC1. The fourth-order valence-electron chi connectivity index (χ4n) is 4.85. The van der Waals surface area contributed by atoms with Crippen LogP contribution in [0.1, 0.15) is 36.0 Å². The van der Waals surface area contributed by atoms with Gasteiger partial charge in [0.2, 0.25) is 5.91 Å². The summed E-state index contributed by atoms with van der Waals surface area (Å²) in [7, 11) is 0. The van der Waals surface area contributed by atoms with Gasteiger partial charge in [0, 0.05) is 29.9 Å². The standard InChI is InChI=1S/C24H24N2O3/c27-22-20-8-4-7-18(20)19-10-9-17(15-21(19)26-22)25-23(28)24(11-13-29-14-12-24)16-5-2-1-3-6-16/h1-3,5-6,9-10,15H,4,7-8,11-14H2,(H,25,28)(H,26,27). The Kier molecular flexibility index (Phi) is 4.47. The van der Waals surface area contributed by atoms with Gasteiger partial charge in [0.05, 0.1) is 10.9 Å². The van der Waals surface area contributed by atoms with Crippen LogP contribution in [-0.2, 0) is 27.8 Å². The minimum atomic E-state index is -0.597. The molecule has 0 unspecified atom stereocenters. The molecule has 1 amide bonds. The molecule has 148 valence electrons. The number of benzene rings is 2. The molecule has 0 atom stereocenters. The van der Waals surface area contributed by atoms with E-state index in [-0.39, 0.29) is 11.5 Å². The Morgan fingerprint density at radius 2 is 1.76 bits per heavy atom. The second kappa shape index (κ2) is 7.16. The zero-order valence-electron chi connectivity index (χ0n) is 16.3. The van der Waals surface area contributed by atoms with E-state index in [1.54, 1.807) is 0 Å². The molecule has 0 spiro atoms. The first-order valence-electron chi connectivity index (χ1n) is 10.3. The number of aryl methyl sites for hydroxylation is 1. The molecule has 5 nitrogen and oxygen atoms in total. The third-order valence-electron chi connectivity index (χ3n) is 6.45. The summed E-state index contributed by atoms with van der Waals surface area (Å²) in [4.78, 5) is 28.8. The van der Waals surface area contributed by atoms with E-state index < -0.39 is 5.41 Å². The number of ether oxygens (including phenoxy) is 1. The summed E-state index contributed by atoms with van der Waals surface area (Å²) < 4.78 is 5.54. The van der Waals surface area contributed by atoms with Crippen LogP contribution in [0.3, 0.4) is 0 Å². The van der Waals surface area contributed by atoms with Crippen molar-refractivity contribution in [2.75, 3.05) is 18.5 Å². The summed E-state index contributed by atoms with van der Waals surface area (Å²) in [5.74, 6) is -0.0187. The van der Waals surface area contributed by atoms with Crippen molar-refractivity contribution in [2.45, 2.75) is 37.5 Å². The van der Waals surface area contributed by atoms with E-state index in [1.807, 2.05) is 48.5 Å². The van der Waals surface area contributed by atoms with Crippen LogP contribution in [0.25, 0.3) is 10.9 Å². The molecule has 1 aliphatic heterocycles. The molecule has 2 aromatic carbocycles. The third kappa shape index (κ3) is 3.06. The molecule has 5 rings (SSSR count). The summed E-state index contributed by atoms with van der Waals surface area (Å²) in [5.41, 5.74) is 3.99. The largest absolute Gasteiger partial charge is 0.381 e. The lowest BCUT2D eigenvalue weighted by molar-refractivity contribution is -0.125. The van der Waals surface area contributed by atoms with Crippen LogP contribution in [0.15, 0.2) is 53.3 Å². The fraction of sp³-hybridized carbons (Fsp3) is 0.333. The van der Waals surface area contributed by atoms with Crippen LogP contribution in [0.2, 0.25) is 0 Å². The number of fused-ring (bicyclic) bond motifs is 3. The number of hydrogen-bond donors (Lipinski definition) is 2. The Morgan fingerprint density at radius 1 is 1.00 bits per heavy atom. The summed E-state index contributed by atoms with van der Waals surface area (Å²) >= 11 is 0. The van der Waals surface area contributed by atoms with Gasteiger partial charge < -0.3 is 15.0 Å². The predicted molar refractivity (Wildman–Crippen MR) is 113 cm³/mol. The van der Waals surface area contributed by atoms with Gasteiger partial charge in [-0.1, -0.05) is 36.4 Å². The Morgan fingerprint density at radius 3 is 2.55 bits per heavy atom. The van der Waals surface area contributed by atoms with Crippen molar-refractivity contribution in [3.8, 4) is 0 Å². The maximum atomic E-state index is 13.4. The number of anilines is 1. The highest BCUT2D eigenvalue weighted by atomic mass is 16.5. The maximum absolute atomic E-state index is 13.4. The number of nitrogens with one attached hydrogen (secondary N) is 2. The molecule has 5 heteroatoms. The molecule has 1 saturated heterocycles. The fourth-order valence-corrected chi connectivity index (χ4v) is 4.85. The van der Waals surface area contributed by atoms with Gasteiger partial charge >= 0.3 is 0 Å². The molecule has 1 aromatic heterocycles. The molecule has 1 fully saturated rings. The molecule has 2 N–H and O–H groups in total. The second-order valence-electron chi connectivity index (χ2n) is 8.04. The van der Waals surface area contributed by atoms with Crippen LogP contribution in [0.5, 0.6) is 0 Å². The molecular weight excluding hydrogens is 364 g/mol. The van der Waals surface area contributed by atoms with E-state index >= 15 is 0 Å². The van der Waals surface area contributed by atoms with Gasteiger partial charge in [-0.2, -0.15) is 0 Å². The van der Waals surface area contributed by atoms with Crippen molar-refractivity contribution in [1.29, 1.82) is 0 Å². The highest BCUT2D eigenvalue weighted by Crippen LogP contribution is 2.36. The Labute approximate surface area is 169 Å². The summed E-state index contributed by atoms with van der Waals surface area (Å²) in [5, 5.41) is 4.20. The lowest BCUT2D eigenvalue weighted by Crippen LogP contribution is -2.44. The Hall–Kier alpha value is -2.92. The number of aromatic amines is 1. The van der Waals surface area contributed by atoms with Crippen molar-refractivity contribution < 1.29 is 9.53 Å². The molecule has 0 radical (unpaired) electrons. The van der Waals surface area contributed by atoms with E-state index in [0.717, 1.165) is 46.9 Å². The zero-order valence-corrected chi connectivity index (χ0v) is 16.3. The average molecular weight is 388 g/mol. The molecule has 0 bridgehead atoms. The van der Waals surface area contributed by atoms with Crippen LogP contribution in [0.4, 0.5) is 5.69 Å². The number of carbonyl (C=O) groups is 1. The van der Waals surface area contributed by atoms with E-state index in [9.17, 15) is 9.59 Å². The lowest BCUT2D eigenvalue weighted by atomic mass is 9.73. The minimum Gasteiger partial charge on any atom is -0.381 e. The normalized spacial score (nSPS) is 17.8. The van der Waals surface area contributed by atoms with Crippen LogP contribution < -0.4 is 10.9 Å². The highest BCUT2D eigenvalue weighted by Gasteiger charge is 2.41. The molecular formula is C24H24N2O3. The van der Waals surface area contributed by atoms with E-state index in [1.165, 1.54) is 0 Å². The van der Waals surface area contributed by atoms with Crippen molar-refractivity contribution >= 4 is 22.5 Å². The van der Waals surface area contributed by atoms with Gasteiger partial charge in [-0.25, -0.2) is 0 Å². The van der Waals surface area contributed by atoms with Crippen LogP contribution in [-0.4, -0.2) is 24.1 Å². The monoisotopic (exact) mass is 388 g/mol. The second-order valence-corrected chi connectivity index (χ2v) is 8.04. The zero-order chi connectivity index (χ0) is 19.8. The third-order valence-corrected chi connectivity index (χ3v) is 6.45. The van der Waals surface area contributed by atoms with Gasteiger partial charge in [0.1, 0.15) is 0 Å². The molecule has 29 heavy (non-hydrogen) atoms. The number of rotatable bonds is 3. The van der Waals surface area contributed by atoms with Gasteiger partial charge in [-0.05, 0) is 55.4 Å². The maximum Gasteiger partial charge on any atom is 0.251 e. The Bertz CT molecular complexity index is 1130. The topological polar surface area (TPSA) is 71.2 Å².